The molecular formula is C14H18O6. The van der Waals surface area contributed by atoms with Crippen molar-refractivity contribution in [3.8, 4) is 17.2 Å². The number of aliphatic hydroxyl groups is 1. The number of hydrogen-bond acceptors (Lipinski definition) is 6. The number of aliphatic hydroxyl groups excluding tert-OH is 1. The minimum Gasteiger partial charge on any atom is -0.504 e. The van der Waals surface area contributed by atoms with Crippen LogP contribution in [-0.2, 0) is 11.2 Å². The summed E-state index contributed by atoms with van der Waals surface area (Å²) in [6.07, 6.45) is 0.976. The van der Waals surface area contributed by atoms with Gasteiger partial charge in [0.25, 0.3) is 0 Å². The van der Waals surface area contributed by atoms with Crippen LogP contribution in [0.4, 0.5) is 0 Å². The maximum Gasteiger partial charge on any atom is 0.342 e. The Morgan fingerprint density at radius 2 is 2.05 bits per heavy atom. The van der Waals surface area contributed by atoms with Gasteiger partial charge in [-0.05, 0) is 18.1 Å². The van der Waals surface area contributed by atoms with Crippen LogP contribution in [0, 0.1) is 0 Å². The van der Waals surface area contributed by atoms with Crippen molar-refractivity contribution in [2.75, 3.05) is 0 Å². The largest absolute Gasteiger partial charge is 0.504 e. The Bertz CT molecular complexity index is 525. The van der Waals surface area contributed by atoms with Gasteiger partial charge in [-0.2, -0.15) is 0 Å². The lowest BCUT2D eigenvalue weighted by Gasteiger charge is -2.27. The van der Waals surface area contributed by atoms with Crippen molar-refractivity contribution in [2.24, 2.45) is 0 Å². The van der Waals surface area contributed by atoms with Crippen molar-refractivity contribution in [2.45, 2.75) is 44.8 Å². The zero-order valence-corrected chi connectivity index (χ0v) is 11.2. The first kappa shape index (κ1) is 14.5. The van der Waals surface area contributed by atoms with Crippen LogP contribution in [0.3, 0.4) is 0 Å². The molecule has 20 heavy (non-hydrogen) atoms. The highest BCUT2D eigenvalue weighted by Gasteiger charge is 2.32. The molecule has 110 valence electrons. The fraction of sp³-hybridized carbons (Fsp3) is 0.500. The van der Waals surface area contributed by atoms with Gasteiger partial charge in [0, 0.05) is 12.8 Å². The molecule has 1 heterocycles. The molecule has 6 nitrogen and oxygen atoms in total. The average Bonchev–Trinajstić information content (AvgIpc) is 2.35. The molecule has 2 atom stereocenters. The lowest BCUT2D eigenvalue weighted by Crippen LogP contribution is -2.31. The van der Waals surface area contributed by atoms with Gasteiger partial charge in [-0.3, -0.25) is 0 Å². The molecule has 1 aliphatic rings. The number of carbonyl (C=O) groups is 1. The third-order valence-electron chi connectivity index (χ3n) is 3.42. The Morgan fingerprint density at radius 1 is 1.35 bits per heavy atom. The molecular weight excluding hydrogens is 264 g/mol. The summed E-state index contributed by atoms with van der Waals surface area (Å²) in [6, 6.07) is 1.24. The van der Waals surface area contributed by atoms with Crippen molar-refractivity contribution in [3.63, 3.8) is 0 Å². The first-order valence-electron chi connectivity index (χ1n) is 6.59. The van der Waals surface area contributed by atoms with Gasteiger partial charge >= 0.3 is 5.97 Å². The zero-order chi connectivity index (χ0) is 14.9. The summed E-state index contributed by atoms with van der Waals surface area (Å²) in [6.45, 7) is 1.95. The predicted octanol–water partition coefficient (Wildman–Crippen LogP) is 1.44. The average molecular weight is 282 g/mol. The van der Waals surface area contributed by atoms with Gasteiger partial charge in [-0.25, -0.2) is 4.79 Å². The highest BCUT2D eigenvalue weighted by Crippen LogP contribution is 2.42. The van der Waals surface area contributed by atoms with E-state index < -0.39 is 35.4 Å². The molecule has 2 unspecified atom stereocenters. The van der Waals surface area contributed by atoms with Crippen LogP contribution >= 0.6 is 0 Å². The summed E-state index contributed by atoms with van der Waals surface area (Å²) in [5, 5.41) is 38.3. The van der Waals surface area contributed by atoms with Gasteiger partial charge in [0.15, 0.2) is 11.5 Å². The Balaban J connectivity index is 2.24. The summed E-state index contributed by atoms with van der Waals surface area (Å²) in [5.74, 6) is -2.64. The number of ether oxygens (including phenoxy) is 1. The molecule has 0 saturated heterocycles. The summed E-state index contributed by atoms with van der Waals surface area (Å²) in [7, 11) is 0. The van der Waals surface area contributed by atoms with E-state index >= 15 is 0 Å². The minimum atomic E-state index is -0.757. The van der Waals surface area contributed by atoms with Crippen LogP contribution in [0.1, 0.15) is 42.1 Å². The Hall–Kier alpha value is -1.95. The van der Waals surface area contributed by atoms with Gasteiger partial charge < -0.3 is 25.2 Å². The topological polar surface area (TPSA) is 107 Å². The van der Waals surface area contributed by atoms with Gasteiger partial charge in [0.05, 0.1) is 6.10 Å². The summed E-state index contributed by atoms with van der Waals surface area (Å²) >= 11 is 0. The van der Waals surface area contributed by atoms with Crippen molar-refractivity contribution in [3.05, 3.63) is 17.2 Å². The van der Waals surface area contributed by atoms with Crippen molar-refractivity contribution in [1.82, 2.24) is 0 Å². The first-order valence-corrected chi connectivity index (χ1v) is 6.59. The highest BCUT2D eigenvalue weighted by molar-refractivity contribution is 5.96. The molecule has 0 spiro atoms. The lowest BCUT2D eigenvalue weighted by atomic mass is 9.93. The summed E-state index contributed by atoms with van der Waals surface area (Å²) in [5.41, 5.74) is 0.282. The molecule has 0 aromatic heterocycles. The second-order valence-corrected chi connectivity index (χ2v) is 5.04. The molecule has 1 aromatic carbocycles. The van der Waals surface area contributed by atoms with Crippen LogP contribution in [0.2, 0.25) is 0 Å². The fourth-order valence-electron chi connectivity index (χ4n) is 2.47. The number of fused-ring (bicyclic) bond motifs is 1. The van der Waals surface area contributed by atoms with E-state index in [0.717, 1.165) is 6.42 Å². The second-order valence-electron chi connectivity index (χ2n) is 5.04. The van der Waals surface area contributed by atoms with E-state index in [-0.39, 0.29) is 12.0 Å². The van der Waals surface area contributed by atoms with Gasteiger partial charge in [0.1, 0.15) is 11.7 Å². The molecule has 0 bridgehead atoms. The molecule has 1 aliphatic heterocycles. The fourth-order valence-corrected chi connectivity index (χ4v) is 2.47. The SMILES string of the molecule is CCCC(O)CC1Cc2cc(O)c(O)c(O)c2C(=O)O1. The second kappa shape index (κ2) is 5.58. The van der Waals surface area contributed by atoms with Gasteiger partial charge in [-0.15, -0.1) is 0 Å². The van der Waals surface area contributed by atoms with Gasteiger partial charge in [-0.1, -0.05) is 13.3 Å². The van der Waals surface area contributed by atoms with E-state index in [1.807, 2.05) is 6.92 Å². The molecule has 1 aromatic rings. The zero-order valence-electron chi connectivity index (χ0n) is 11.2. The monoisotopic (exact) mass is 282 g/mol. The number of hydrogen-bond donors (Lipinski definition) is 4. The molecule has 4 N–H and O–H groups in total. The number of carbonyl (C=O) groups excluding carboxylic acids is 1. The number of cyclic esters (lactones) is 1. The van der Waals surface area contributed by atoms with Gasteiger partial charge in [0.2, 0.25) is 5.75 Å². The van der Waals surface area contributed by atoms with E-state index in [4.69, 9.17) is 4.74 Å². The number of aromatic hydroxyl groups is 3. The predicted molar refractivity (Wildman–Crippen MR) is 69.9 cm³/mol. The van der Waals surface area contributed by atoms with E-state index in [1.54, 1.807) is 0 Å². The van der Waals surface area contributed by atoms with E-state index in [0.29, 0.717) is 18.4 Å². The number of rotatable bonds is 4. The standard InChI is InChI=1S/C14H18O6/c1-2-3-8(15)6-9-4-7-5-10(16)12(17)13(18)11(7)14(19)20-9/h5,8-9,15-18H,2-4,6H2,1H3. The van der Waals surface area contributed by atoms with Crippen LogP contribution in [-0.4, -0.2) is 38.6 Å². The van der Waals surface area contributed by atoms with E-state index in [9.17, 15) is 25.2 Å². The maximum atomic E-state index is 11.9. The van der Waals surface area contributed by atoms with Crippen LogP contribution in [0.15, 0.2) is 6.07 Å². The van der Waals surface area contributed by atoms with Crippen LogP contribution < -0.4 is 0 Å². The van der Waals surface area contributed by atoms with Crippen molar-refractivity contribution < 1.29 is 30.0 Å². The summed E-state index contributed by atoms with van der Waals surface area (Å²) < 4.78 is 5.15. The van der Waals surface area contributed by atoms with Crippen molar-refractivity contribution in [1.29, 1.82) is 0 Å². The van der Waals surface area contributed by atoms with E-state index in [1.165, 1.54) is 6.07 Å². The van der Waals surface area contributed by atoms with E-state index in [2.05, 4.69) is 0 Å². The number of esters is 1. The molecule has 2 rings (SSSR count). The molecule has 0 aliphatic carbocycles. The lowest BCUT2D eigenvalue weighted by molar-refractivity contribution is 0.00871. The number of benzene rings is 1. The van der Waals surface area contributed by atoms with Crippen LogP contribution in [0.25, 0.3) is 0 Å². The molecule has 0 radical (unpaired) electrons. The molecule has 0 amide bonds. The van der Waals surface area contributed by atoms with Crippen molar-refractivity contribution >= 4 is 5.97 Å². The number of phenolic OH excluding ortho intramolecular Hbond substituents is 3. The molecule has 0 fully saturated rings. The summed E-state index contributed by atoms with van der Waals surface area (Å²) in [4.78, 5) is 11.9. The highest BCUT2D eigenvalue weighted by atomic mass is 16.5. The molecule has 6 heteroatoms. The Kier molecular flexibility index (Phi) is 4.04. The maximum absolute atomic E-state index is 11.9. The quantitative estimate of drug-likeness (QED) is 0.491. The molecule has 0 saturated carbocycles. The third kappa shape index (κ3) is 2.65. The van der Waals surface area contributed by atoms with Crippen LogP contribution in [0.5, 0.6) is 17.2 Å². The minimum absolute atomic E-state index is 0.124. The normalized spacial score (nSPS) is 19.3. The number of phenols is 3. The Labute approximate surface area is 116 Å². The Morgan fingerprint density at radius 3 is 2.70 bits per heavy atom. The third-order valence-corrected chi connectivity index (χ3v) is 3.42. The first-order chi connectivity index (χ1) is 9.43. The smallest absolute Gasteiger partial charge is 0.342 e.